The van der Waals surface area contributed by atoms with Gasteiger partial charge in [0.05, 0.1) is 12.7 Å². The first-order chi connectivity index (χ1) is 9.34. The van der Waals surface area contributed by atoms with Gasteiger partial charge in [0.25, 0.3) is 0 Å². The number of benzene rings is 1. The minimum absolute atomic E-state index is 0.134. The molecule has 0 aliphatic carbocycles. The van der Waals surface area contributed by atoms with Gasteiger partial charge in [-0.25, -0.2) is 9.97 Å². The molecule has 1 saturated heterocycles. The molecule has 2 atom stereocenters. The molecule has 0 bridgehead atoms. The molecule has 2 heterocycles. The highest BCUT2D eigenvalue weighted by atomic mass is 16.5. The second-order valence-corrected chi connectivity index (χ2v) is 4.78. The molecule has 0 unspecified atom stereocenters. The van der Waals surface area contributed by atoms with Gasteiger partial charge in [0.15, 0.2) is 0 Å². The van der Waals surface area contributed by atoms with Crippen molar-refractivity contribution in [3.8, 4) is 11.1 Å². The van der Waals surface area contributed by atoms with E-state index in [0.29, 0.717) is 6.04 Å². The van der Waals surface area contributed by atoms with Crippen molar-refractivity contribution in [3.05, 3.63) is 48.5 Å². The average molecular weight is 255 g/mol. The van der Waals surface area contributed by atoms with Crippen molar-refractivity contribution in [1.29, 1.82) is 0 Å². The van der Waals surface area contributed by atoms with Crippen LogP contribution >= 0.6 is 0 Å². The van der Waals surface area contributed by atoms with Gasteiger partial charge in [-0.2, -0.15) is 0 Å². The maximum absolute atomic E-state index is 5.83. The normalized spacial score (nSPS) is 23.2. The van der Waals surface area contributed by atoms with Crippen LogP contribution in [0.1, 0.15) is 18.6 Å². The highest BCUT2D eigenvalue weighted by Gasteiger charge is 2.22. The SMILES string of the molecule is C[C@@H]1NCCO[C@H]1c1ccc(-c2cncnc2)cc1. The summed E-state index contributed by atoms with van der Waals surface area (Å²) >= 11 is 0. The minimum atomic E-state index is 0.134. The van der Waals surface area contributed by atoms with Crippen molar-refractivity contribution in [3.63, 3.8) is 0 Å². The predicted molar refractivity (Wildman–Crippen MR) is 73.6 cm³/mol. The molecule has 0 amide bonds. The zero-order chi connectivity index (χ0) is 13.1. The van der Waals surface area contributed by atoms with Gasteiger partial charge in [-0.15, -0.1) is 0 Å². The molecule has 0 spiro atoms. The smallest absolute Gasteiger partial charge is 0.115 e. The van der Waals surface area contributed by atoms with Crippen LogP contribution in [-0.2, 0) is 4.74 Å². The number of morpholine rings is 1. The van der Waals surface area contributed by atoms with E-state index in [1.54, 1.807) is 6.33 Å². The Morgan fingerprint density at radius 1 is 1.11 bits per heavy atom. The molecule has 19 heavy (non-hydrogen) atoms. The lowest BCUT2D eigenvalue weighted by Gasteiger charge is -2.30. The van der Waals surface area contributed by atoms with Crippen molar-refractivity contribution < 1.29 is 4.74 Å². The summed E-state index contributed by atoms with van der Waals surface area (Å²) in [5, 5.41) is 3.43. The summed E-state index contributed by atoms with van der Waals surface area (Å²) in [6.07, 6.45) is 5.32. The lowest BCUT2D eigenvalue weighted by molar-refractivity contribution is -0.000215. The molecule has 1 aromatic heterocycles. The van der Waals surface area contributed by atoms with Crippen LogP contribution in [-0.4, -0.2) is 29.2 Å². The molecule has 2 aromatic rings. The summed E-state index contributed by atoms with van der Waals surface area (Å²) in [7, 11) is 0. The molecule has 0 saturated carbocycles. The first-order valence-electron chi connectivity index (χ1n) is 6.55. The maximum atomic E-state index is 5.83. The second-order valence-electron chi connectivity index (χ2n) is 4.78. The maximum Gasteiger partial charge on any atom is 0.115 e. The molecule has 1 fully saturated rings. The average Bonchev–Trinajstić information content (AvgIpc) is 2.49. The minimum Gasteiger partial charge on any atom is -0.371 e. The fraction of sp³-hybridized carbons (Fsp3) is 0.333. The lowest BCUT2D eigenvalue weighted by atomic mass is 9.99. The van der Waals surface area contributed by atoms with E-state index in [-0.39, 0.29) is 6.10 Å². The van der Waals surface area contributed by atoms with Crippen LogP contribution in [0.3, 0.4) is 0 Å². The van der Waals surface area contributed by atoms with Gasteiger partial charge in [-0.1, -0.05) is 24.3 Å². The van der Waals surface area contributed by atoms with Crippen molar-refractivity contribution >= 4 is 0 Å². The Morgan fingerprint density at radius 3 is 2.53 bits per heavy atom. The number of hydrogen-bond acceptors (Lipinski definition) is 4. The van der Waals surface area contributed by atoms with E-state index in [0.717, 1.165) is 24.3 Å². The van der Waals surface area contributed by atoms with Crippen LogP contribution in [0.2, 0.25) is 0 Å². The van der Waals surface area contributed by atoms with Gasteiger partial charge in [-0.3, -0.25) is 0 Å². The lowest BCUT2D eigenvalue weighted by Crippen LogP contribution is -2.41. The molecule has 3 rings (SSSR count). The van der Waals surface area contributed by atoms with Crippen LogP contribution in [0.5, 0.6) is 0 Å². The first-order valence-corrected chi connectivity index (χ1v) is 6.55. The Bertz CT molecular complexity index is 527. The van der Waals surface area contributed by atoms with Crippen LogP contribution in [0.15, 0.2) is 43.0 Å². The molecule has 1 aliphatic heterocycles. The first kappa shape index (κ1) is 12.3. The van der Waals surface area contributed by atoms with Crippen molar-refractivity contribution in [2.45, 2.75) is 19.1 Å². The van der Waals surface area contributed by atoms with Crippen molar-refractivity contribution in [2.24, 2.45) is 0 Å². The number of aromatic nitrogens is 2. The number of ether oxygens (including phenoxy) is 1. The van der Waals surface area contributed by atoms with Crippen LogP contribution < -0.4 is 5.32 Å². The van der Waals surface area contributed by atoms with E-state index in [1.165, 1.54) is 5.56 Å². The van der Waals surface area contributed by atoms with Gasteiger partial charge < -0.3 is 10.1 Å². The quantitative estimate of drug-likeness (QED) is 0.893. The van der Waals surface area contributed by atoms with Crippen molar-refractivity contribution in [1.82, 2.24) is 15.3 Å². The van der Waals surface area contributed by atoms with Gasteiger partial charge in [-0.05, 0) is 18.1 Å². The van der Waals surface area contributed by atoms with Gasteiger partial charge >= 0.3 is 0 Å². The monoisotopic (exact) mass is 255 g/mol. The summed E-state index contributed by atoms with van der Waals surface area (Å²) in [4.78, 5) is 8.08. The molecule has 4 nitrogen and oxygen atoms in total. The van der Waals surface area contributed by atoms with Crippen LogP contribution in [0, 0.1) is 0 Å². The van der Waals surface area contributed by atoms with E-state index in [4.69, 9.17) is 4.74 Å². The van der Waals surface area contributed by atoms with Crippen LogP contribution in [0.4, 0.5) is 0 Å². The molecule has 0 radical (unpaired) electrons. The topological polar surface area (TPSA) is 47.0 Å². The Morgan fingerprint density at radius 2 is 1.84 bits per heavy atom. The van der Waals surface area contributed by atoms with Crippen molar-refractivity contribution in [2.75, 3.05) is 13.2 Å². The van der Waals surface area contributed by atoms with E-state index in [1.807, 2.05) is 12.4 Å². The summed E-state index contributed by atoms with van der Waals surface area (Å²) in [5.41, 5.74) is 3.37. The van der Waals surface area contributed by atoms with E-state index < -0.39 is 0 Å². The van der Waals surface area contributed by atoms with Crippen LogP contribution in [0.25, 0.3) is 11.1 Å². The third-order valence-electron chi connectivity index (χ3n) is 3.45. The van der Waals surface area contributed by atoms with Gasteiger partial charge in [0.2, 0.25) is 0 Å². The predicted octanol–water partition coefficient (Wildman–Crippen LogP) is 2.19. The van der Waals surface area contributed by atoms with E-state index in [9.17, 15) is 0 Å². The Kier molecular flexibility index (Phi) is 3.53. The third kappa shape index (κ3) is 2.64. The Balaban J connectivity index is 1.83. The Labute approximate surface area is 112 Å². The Hall–Kier alpha value is -1.78. The number of rotatable bonds is 2. The summed E-state index contributed by atoms with van der Waals surface area (Å²) in [6.45, 7) is 3.85. The fourth-order valence-corrected chi connectivity index (χ4v) is 2.42. The van der Waals surface area contributed by atoms with E-state index >= 15 is 0 Å². The standard InChI is InChI=1S/C15H17N3O/c1-11-15(19-7-6-18-11)13-4-2-12(3-5-13)14-8-16-10-17-9-14/h2-5,8-11,15,18H,6-7H2,1H3/t11-,15+/m0/s1. The molecular formula is C15H17N3O. The summed E-state index contributed by atoms with van der Waals surface area (Å²) < 4.78 is 5.83. The van der Waals surface area contributed by atoms with E-state index in [2.05, 4.69) is 46.5 Å². The highest BCUT2D eigenvalue weighted by Crippen LogP contribution is 2.26. The molecule has 1 aromatic carbocycles. The summed E-state index contributed by atoms with van der Waals surface area (Å²) in [6, 6.07) is 8.78. The largest absolute Gasteiger partial charge is 0.371 e. The second kappa shape index (κ2) is 5.47. The molecule has 1 aliphatic rings. The molecule has 1 N–H and O–H groups in total. The van der Waals surface area contributed by atoms with Gasteiger partial charge in [0, 0.05) is 30.5 Å². The van der Waals surface area contributed by atoms with Gasteiger partial charge in [0.1, 0.15) is 6.33 Å². The molecular weight excluding hydrogens is 238 g/mol. The number of nitrogens with one attached hydrogen (secondary N) is 1. The zero-order valence-corrected chi connectivity index (χ0v) is 10.9. The number of nitrogens with zero attached hydrogens (tertiary/aromatic N) is 2. The molecule has 98 valence electrons. The summed E-state index contributed by atoms with van der Waals surface area (Å²) in [5.74, 6) is 0. The highest BCUT2D eigenvalue weighted by molar-refractivity contribution is 5.61. The molecule has 4 heteroatoms. The fourth-order valence-electron chi connectivity index (χ4n) is 2.42. The third-order valence-corrected chi connectivity index (χ3v) is 3.45. The number of hydrogen-bond donors (Lipinski definition) is 1. The zero-order valence-electron chi connectivity index (χ0n) is 10.9.